The van der Waals surface area contributed by atoms with E-state index in [1.165, 1.54) is 12.1 Å². The van der Waals surface area contributed by atoms with Crippen molar-refractivity contribution in [1.82, 2.24) is 4.90 Å². The second-order valence-electron chi connectivity index (χ2n) is 3.63. The summed E-state index contributed by atoms with van der Waals surface area (Å²) in [6, 6.07) is 4.63. The van der Waals surface area contributed by atoms with Gasteiger partial charge in [0.05, 0.1) is 12.2 Å². The molecule has 0 heterocycles. The summed E-state index contributed by atoms with van der Waals surface area (Å²) in [7, 11) is 0. The quantitative estimate of drug-likeness (QED) is 0.725. The Bertz CT molecular complexity index is 381. The Morgan fingerprint density at radius 3 is 2.69 bits per heavy atom. The first-order valence-corrected chi connectivity index (χ1v) is 5.07. The monoisotopic (exact) mass is 225 g/mol. The maximum absolute atomic E-state index is 13.2. The number of anilines is 1. The van der Waals surface area contributed by atoms with Crippen molar-refractivity contribution in [3.8, 4) is 0 Å². The van der Waals surface area contributed by atoms with Crippen LogP contribution in [0.2, 0.25) is 0 Å². The van der Waals surface area contributed by atoms with Crippen LogP contribution in [-0.2, 0) is 11.3 Å². The molecule has 0 spiro atoms. The predicted octanol–water partition coefficient (Wildman–Crippen LogP) is 0.715. The first-order chi connectivity index (χ1) is 7.52. The molecular weight excluding hydrogens is 209 g/mol. The highest BCUT2D eigenvalue weighted by Gasteiger charge is 2.08. The van der Waals surface area contributed by atoms with Gasteiger partial charge >= 0.3 is 0 Å². The van der Waals surface area contributed by atoms with Crippen LogP contribution in [-0.4, -0.2) is 23.9 Å². The van der Waals surface area contributed by atoms with Gasteiger partial charge in [-0.05, 0) is 24.2 Å². The molecule has 1 aromatic carbocycles. The van der Waals surface area contributed by atoms with Crippen LogP contribution in [0.25, 0.3) is 0 Å². The van der Waals surface area contributed by atoms with Crippen LogP contribution in [0.1, 0.15) is 12.5 Å². The summed E-state index contributed by atoms with van der Waals surface area (Å²) in [4.78, 5) is 12.6. The molecule has 0 aromatic heterocycles. The fraction of sp³-hybridized carbons (Fsp3) is 0.364. The number of primary amides is 1. The zero-order valence-corrected chi connectivity index (χ0v) is 9.24. The minimum Gasteiger partial charge on any atom is -0.396 e. The van der Waals surface area contributed by atoms with Crippen LogP contribution >= 0.6 is 0 Å². The third kappa shape index (κ3) is 3.51. The SMILES string of the molecule is CCN(CC(N)=O)Cc1ccc(N)c(F)c1. The molecule has 1 amide bonds. The Kier molecular flexibility index (Phi) is 4.25. The molecule has 0 saturated carbocycles. The van der Waals surface area contributed by atoms with Crippen molar-refractivity contribution in [3.63, 3.8) is 0 Å². The lowest BCUT2D eigenvalue weighted by Crippen LogP contribution is -2.33. The zero-order valence-electron chi connectivity index (χ0n) is 9.24. The van der Waals surface area contributed by atoms with Crippen LogP contribution in [0, 0.1) is 5.82 Å². The number of carbonyl (C=O) groups is 1. The van der Waals surface area contributed by atoms with Crippen molar-refractivity contribution in [3.05, 3.63) is 29.6 Å². The molecule has 5 heteroatoms. The Hall–Kier alpha value is -1.62. The van der Waals surface area contributed by atoms with Gasteiger partial charge in [0.25, 0.3) is 0 Å². The average Bonchev–Trinajstić information content (AvgIpc) is 2.22. The molecule has 0 unspecified atom stereocenters. The van der Waals surface area contributed by atoms with Gasteiger partial charge < -0.3 is 11.5 Å². The van der Waals surface area contributed by atoms with Crippen molar-refractivity contribution >= 4 is 11.6 Å². The second-order valence-corrected chi connectivity index (χ2v) is 3.63. The number of halogens is 1. The standard InChI is InChI=1S/C11H16FN3O/c1-2-15(7-11(14)16)6-8-3-4-10(13)9(12)5-8/h3-5H,2,6-7,13H2,1H3,(H2,14,16). The summed E-state index contributed by atoms with van der Waals surface area (Å²) in [6.07, 6.45) is 0. The van der Waals surface area contributed by atoms with E-state index in [4.69, 9.17) is 11.5 Å². The maximum Gasteiger partial charge on any atom is 0.231 e. The van der Waals surface area contributed by atoms with E-state index in [1.54, 1.807) is 6.07 Å². The van der Waals surface area contributed by atoms with Crippen LogP contribution in [0.5, 0.6) is 0 Å². The highest BCUT2D eigenvalue weighted by Crippen LogP contribution is 2.13. The average molecular weight is 225 g/mol. The van der Waals surface area contributed by atoms with Gasteiger partial charge in [-0.3, -0.25) is 9.69 Å². The number of likely N-dealkylation sites (N-methyl/N-ethyl adjacent to an activating group) is 1. The van der Waals surface area contributed by atoms with Gasteiger partial charge in [-0.15, -0.1) is 0 Å². The number of rotatable bonds is 5. The van der Waals surface area contributed by atoms with Crippen molar-refractivity contribution in [2.45, 2.75) is 13.5 Å². The fourth-order valence-electron chi connectivity index (χ4n) is 1.43. The summed E-state index contributed by atoms with van der Waals surface area (Å²) in [5, 5.41) is 0. The molecule has 0 aliphatic carbocycles. The van der Waals surface area contributed by atoms with E-state index in [0.29, 0.717) is 13.1 Å². The number of benzene rings is 1. The number of nitrogens with zero attached hydrogens (tertiary/aromatic N) is 1. The lowest BCUT2D eigenvalue weighted by Gasteiger charge is -2.18. The van der Waals surface area contributed by atoms with Gasteiger partial charge in [0.1, 0.15) is 5.82 Å². The molecule has 1 rings (SSSR count). The summed E-state index contributed by atoms with van der Waals surface area (Å²) in [6.45, 7) is 3.24. The van der Waals surface area contributed by atoms with E-state index < -0.39 is 11.7 Å². The van der Waals surface area contributed by atoms with Gasteiger partial charge in [-0.2, -0.15) is 0 Å². The van der Waals surface area contributed by atoms with Crippen molar-refractivity contribution in [1.29, 1.82) is 0 Å². The molecule has 4 nitrogen and oxygen atoms in total. The van der Waals surface area contributed by atoms with Gasteiger partial charge in [-0.25, -0.2) is 4.39 Å². The zero-order chi connectivity index (χ0) is 12.1. The van der Waals surface area contributed by atoms with Crippen LogP contribution in [0.4, 0.5) is 10.1 Å². The van der Waals surface area contributed by atoms with Crippen LogP contribution in [0.15, 0.2) is 18.2 Å². The maximum atomic E-state index is 13.2. The van der Waals surface area contributed by atoms with Gasteiger partial charge in [0, 0.05) is 6.54 Å². The van der Waals surface area contributed by atoms with Crippen molar-refractivity contribution in [2.24, 2.45) is 5.73 Å². The number of carbonyl (C=O) groups excluding carboxylic acids is 1. The minimum atomic E-state index is -0.437. The molecule has 0 radical (unpaired) electrons. The Morgan fingerprint density at radius 1 is 1.50 bits per heavy atom. The normalized spacial score (nSPS) is 10.7. The number of nitrogen functional groups attached to an aromatic ring is 1. The Balaban J connectivity index is 2.70. The molecule has 0 fully saturated rings. The fourth-order valence-corrected chi connectivity index (χ4v) is 1.43. The highest BCUT2D eigenvalue weighted by atomic mass is 19.1. The van der Waals surface area contributed by atoms with Gasteiger partial charge in [0.15, 0.2) is 0 Å². The van der Waals surface area contributed by atoms with Gasteiger partial charge in [-0.1, -0.05) is 13.0 Å². The molecule has 0 atom stereocenters. The molecule has 0 bridgehead atoms. The largest absolute Gasteiger partial charge is 0.396 e. The second kappa shape index (κ2) is 5.46. The molecular formula is C11H16FN3O. The van der Waals surface area contributed by atoms with E-state index in [9.17, 15) is 9.18 Å². The van der Waals surface area contributed by atoms with E-state index >= 15 is 0 Å². The molecule has 16 heavy (non-hydrogen) atoms. The number of nitrogens with two attached hydrogens (primary N) is 2. The van der Waals surface area contributed by atoms with E-state index in [2.05, 4.69) is 0 Å². The third-order valence-electron chi connectivity index (χ3n) is 2.30. The van der Waals surface area contributed by atoms with Crippen molar-refractivity contribution < 1.29 is 9.18 Å². The van der Waals surface area contributed by atoms with Crippen LogP contribution < -0.4 is 11.5 Å². The molecule has 0 saturated heterocycles. The smallest absolute Gasteiger partial charge is 0.231 e. The first kappa shape index (κ1) is 12.4. The molecule has 0 aliphatic heterocycles. The van der Waals surface area contributed by atoms with Crippen molar-refractivity contribution in [2.75, 3.05) is 18.8 Å². The molecule has 88 valence electrons. The van der Waals surface area contributed by atoms with Gasteiger partial charge in [0.2, 0.25) is 5.91 Å². The number of amides is 1. The summed E-state index contributed by atoms with van der Waals surface area (Å²) in [5.74, 6) is -0.828. The highest BCUT2D eigenvalue weighted by molar-refractivity contribution is 5.75. The summed E-state index contributed by atoms with van der Waals surface area (Å²) in [5.41, 5.74) is 11.4. The lowest BCUT2D eigenvalue weighted by atomic mass is 10.2. The molecule has 4 N–H and O–H groups in total. The number of hydrogen-bond acceptors (Lipinski definition) is 3. The van der Waals surface area contributed by atoms with E-state index in [0.717, 1.165) is 5.56 Å². The third-order valence-corrected chi connectivity index (χ3v) is 2.30. The van der Waals surface area contributed by atoms with E-state index in [1.807, 2.05) is 11.8 Å². The van der Waals surface area contributed by atoms with Crippen LogP contribution in [0.3, 0.4) is 0 Å². The lowest BCUT2D eigenvalue weighted by molar-refractivity contribution is -0.119. The summed E-state index contributed by atoms with van der Waals surface area (Å²) < 4.78 is 13.2. The Labute approximate surface area is 94.0 Å². The number of hydrogen-bond donors (Lipinski definition) is 2. The first-order valence-electron chi connectivity index (χ1n) is 5.07. The summed E-state index contributed by atoms with van der Waals surface area (Å²) >= 11 is 0. The Morgan fingerprint density at radius 2 is 2.19 bits per heavy atom. The topological polar surface area (TPSA) is 72.3 Å². The predicted molar refractivity (Wildman–Crippen MR) is 61.0 cm³/mol. The molecule has 0 aliphatic rings. The van der Waals surface area contributed by atoms with E-state index in [-0.39, 0.29) is 12.2 Å². The minimum absolute atomic E-state index is 0.127. The molecule has 1 aromatic rings.